The Morgan fingerprint density at radius 3 is 2.82 bits per heavy atom. The maximum absolute atomic E-state index is 5.69. The quantitative estimate of drug-likeness (QED) is 0.789. The van der Waals surface area contributed by atoms with Crippen LogP contribution < -0.4 is 4.74 Å². The molecule has 0 saturated carbocycles. The van der Waals surface area contributed by atoms with Crippen molar-refractivity contribution in [3.63, 3.8) is 0 Å². The largest absolute Gasteiger partial charge is 0.486 e. The van der Waals surface area contributed by atoms with Crippen molar-refractivity contribution in [2.24, 2.45) is 0 Å². The average Bonchev–Trinajstić information content (AvgIpc) is 2.77. The molecule has 17 heavy (non-hydrogen) atoms. The van der Waals surface area contributed by atoms with Crippen molar-refractivity contribution < 1.29 is 4.74 Å². The van der Waals surface area contributed by atoms with Gasteiger partial charge in [-0.3, -0.25) is 0 Å². The highest BCUT2D eigenvalue weighted by Gasteiger charge is 2.06. The Labute approximate surface area is 109 Å². The molecule has 90 valence electrons. The molecule has 2 heterocycles. The van der Waals surface area contributed by atoms with Crippen molar-refractivity contribution in [2.75, 3.05) is 0 Å². The number of pyridine rings is 1. The molecule has 0 aromatic carbocycles. The second-order valence-corrected chi connectivity index (χ2v) is 5.21. The fourth-order valence-electron chi connectivity index (χ4n) is 1.26. The van der Waals surface area contributed by atoms with Gasteiger partial charge in [-0.25, -0.2) is 9.97 Å². The Hall–Kier alpha value is -1.13. The Kier molecular flexibility index (Phi) is 3.97. The van der Waals surface area contributed by atoms with E-state index in [1.165, 1.54) is 0 Å². The van der Waals surface area contributed by atoms with Gasteiger partial charge in [0.1, 0.15) is 17.5 Å². The average molecular weight is 269 g/mol. The first-order valence-electron chi connectivity index (χ1n) is 5.34. The zero-order valence-corrected chi connectivity index (χ0v) is 11.3. The van der Waals surface area contributed by atoms with Crippen LogP contribution in [0.15, 0.2) is 23.7 Å². The molecule has 2 aromatic rings. The van der Waals surface area contributed by atoms with E-state index >= 15 is 0 Å². The maximum atomic E-state index is 5.69. The molecule has 5 heteroatoms. The number of ether oxygens (including phenoxy) is 1. The van der Waals surface area contributed by atoms with Crippen LogP contribution in [0.4, 0.5) is 0 Å². The van der Waals surface area contributed by atoms with E-state index in [1.807, 2.05) is 5.38 Å². The van der Waals surface area contributed by atoms with Crippen LogP contribution in [-0.2, 0) is 6.61 Å². The van der Waals surface area contributed by atoms with E-state index < -0.39 is 0 Å². The van der Waals surface area contributed by atoms with Crippen molar-refractivity contribution in [3.05, 3.63) is 39.6 Å². The lowest BCUT2D eigenvalue weighted by Crippen LogP contribution is -1.97. The summed E-state index contributed by atoms with van der Waals surface area (Å²) in [5.74, 6) is 1.17. The fourth-order valence-corrected chi connectivity index (χ4v) is 2.19. The van der Waals surface area contributed by atoms with Crippen LogP contribution in [0, 0.1) is 0 Å². The van der Waals surface area contributed by atoms with Gasteiger partial charge in [0.15, 0.2) is 0 Å². The van der Waals surface area contributed by atoms with Gasteiger partial charge in [0.05, 0.1) is 16.9 Å². The second-order valence-electron chi connectivity index (χ2n) is 3.94. The van der Waals surface area contributed by atoms with E-state index in [2.05, 4.69) is 23.8 Å². The van der Waals surface area contributed by atoms with Crippen LogP contribution in [0.1, 0.15) is 30.5 Å². The predicted octanol–water partition coefficient (Wildman–Crippen LogP) is 3.89. The monoisotopic (exact) mass is 268 g/mol. The molecule has 0 unspecified atom stereocenters. The van der Waals surface area contributed by atoms with Crippen LogP contribution in [0.3, 0.4) is 0 Å². The standard InChI is InChI=1S/C12H13ClN2OS/c1-8(2)12-15-9(7-17-12)6-16-10-3-4-11(13)14-5-10/h3-5,7-8H,6H2,1-2H3. The molecule has 0 saturated heterocycles. The normalized spacial score (nSPS) is 10.8. The summed E-state index contributed by atoms with van der Waals surface area (Å²) in [7, 11) is 0. The molecule has 0 aliphatic carbocycles. The zero-order chi connectivity index (χ0) is 12.3. The van der Waals surface area contributed by atoms with E-state index in [-0.39, 0.29) is 0 Å². The number of halogens is 1. The Morgan fingerprint density at radius 1 is 1.41 bits per heavy atom. The van der Waals surface area contributed by atoms with E-state index in [9.17, 15) is 0 Å². The second kappa shape index (κ2) is 5.47. The summed E-state index contributed by atoms with van der Waals surface area (Å²) < 4.78 is 5.56. The minimum atomic E-state index is 0.464. The highest BCUT2D eigenvalue weighted by atomic mass is 35.5. The number of hydrogen-bond acceptors (Lipinski definition) is 4. The summed E-state index contributed by atoms with van der Waals surface area (Å²) in [5.41, 5.74) is 0.952. The smallest absolute Gasteiger partial charge is 0.138 e. The molecule has 3 nitrogen and oxygen atoms in total. The lowest BCUT2D eigenvalue weighted by Gasteiger charge is -2.03. The zero-order valence-electron chi connectivity index (χ0n) is 9.68. The van der Waals surface area contributed by atoms with Crippen LogP contribution in [0.2, 0.25) is 5.15 Å². The highest BCUT2D eigenvalue weighted by Crippen LogP contribution is 2.20. The van der Waals surface area contributed by atoms with Crippen LogP contribution >= 0.6 is 22.9 Å². The maximum Gasteiger partial charge on any atom is 0.138 e. The first-order chi connectivity index (χ1) is 8.15. The predicted molar refractivity (Wildman–Crippen MR) is 69.8 cm³/mol. The van der Waals surface area contributed by atoms with E-state index in [1.54, 1.807) is 29.7 Å². The third-order valence-electron chi connectivity index (χ3n) is 2.15. The molecule has 0 spiro atoms. The Bertz CT molecular complexity index is 482. The topological polar surface area (TPSA) is 35.0 Å². The van der Waals surface area contributed by atoms with E-state index in [4.69, 9.17) is 16.3 Å². The van der Waals surface area contributed by atoms with Gasteiger partial charge in [0, 0.05) is 11.3 Å². The SMILES string of the molecule is CC(C)c1nc(COc2ccc(Cl)nc2)cs1. The third kappa shape index (κ3) is 3.41. The van der Waals surface area contributed by atoms with Crippen molar-refractivity contribution in [3.8, 4) is 5.75 Å². The number of hydrogen-bond donors (Lipinski definition) is 0. The van der Waals surface area contributed by atoms with Gasteiger partial charge in [0.2, 0.25) is 0 Å². The molecular weight excluding hydrogens is 256 g/mol. The lowest BCUT2D eigenvalue weighted by atomic mass is 10.2. The van der Waals surface area contributed by atoms with Gasteiger partial charge >= 0.3 is 0 Å². The van der Waals surface area contributed by atoms with Gasteiger partial charge in [-0.15, -0.1) is 11.3 Å². The van der Waals surface area contributed by atoms with Crippen LogP contribution in [0.25, 0.3) is 0 Å². The summed E-state index contributed by atoms with van der Waals surface area (Å²) in [6.45, 7) is 4.73. The minimum absolute atomic E-state index is 0.464. The summed E-state index contributed by atoms with van der Waals surface area (Å²) in [5, 5.41) is 3.63. The molecule has 2 rings (SSSR count). The molecule has 0 atom stereocenters. The molecule has 0 bridgehead atoms. The van der Waals surface area contributed by atoms with Crippen LogP contribution in [-0.4, -0.2) is 9.97 Å². The molecule has 0 radical (unpaired) electrons. The van der Waals surface area contributed by atoms with Crippen molar-refractivity contribution >= 4 is 22.9 Å². The van der Waals surface area contributed by atoms with E-state index in [0.717, 1.165) is 10.7 Å². The highest BCUT2D eigenvalue weighted by molar-refractivity contribution is 7.09. The van der Waals surface area contributed by atoms with Crippen molar-refractivity contribution in [1.82, 2.24) is 9.97 Å². The van der Waals surface area contributed by atoms with Gasteiger partial charge in [-0.1, -0.05) is 25.4 Å². The molecular formula is C12H13ClN2OS. The van der Waals surface area contributed by atoms with Gasteiger partial charge in [0.25, 0.3) is 0 Å². The van der Waals surface area contributed by atoms with E-state index in [0.29, 0.717) is 23.4 Å². The van der Waals surface area contributed by atoms with Crippen molar-refractivity contribution in [2.45, 2.75) is 26.4 Å². The number of aromatic nitrogens is 2. The number of nitrogens with zero attached hydrogens (tertiary/aromatic N) is 2. The fraction of sp³-hybridized carbons (Fsp3) is 0.333. The summed E-state index contributed by atoms with van der Waals surface area (Å²) in [6.07, 6.45) is 1.61. The molecule has 0 aliphatic rings. The van der Waals surface area contributed by atoms with Gasteiger partial charge in [-0.2, -0.15) is 0 Å². The lowest BCUT2D eigenvalue weighted by molar-refractivity contribution is 0.300. The minimum Gasteiger partial charge on any atom is -0.486 e. The molecule has 2 aromatic heterocycles. The third-order valence-corrected chi connectivity index (χ3v) is 3.57. The van der Waals surface area contributed by atoms with Crippen LogP contribution in [0.5, 0.6) is 5.75 Å². The Morgan fingerprint density at radius 2 is 2.24 bits per heavy atom. The molecule has 0 fully saturated rings. The molecule has 0 aliphatic heterocycles. The summed E-state index contributed by atoms with van der Waals surface area (Å²) in [6, 6.07) is 3.50. The molecule has 0 amide bonds. The Balaban J connectivity index is 1.95. The first-order valence-corrected chi connectivity index (χ1v) is 6.59. The molecule has 0 N–H and O–H groups in total. The summed E-state index contributed by atoms with van der Waals surface area (Å²) >= 11 is 7.36. The first kappa shape index (κ1) is 12.3. The summed E-state index contributed by atoms with van der Waals surface area (Å²) in [4.78, 5) is 8.44. The number of rotatable bonds is 4. The number of thiazole rings is 1. The van der Waals surface area contributed by atoms with Gasteiger partial charge in [-0.05, 0) is 12.1 Å². The van der Waals surface area contributed by atoms with Gasteiger partial charge < -0.3 is 4.74 Å². The van der Waals surface area contributed by atoms with Crippen molar-refractivity contribution in [1.29, 1.82) is 0 Å².